The average molecular weight is 93.2 g/mol. The van der Waals surface area contributed by atoms with Crippen LogP contribution >= 0.6 is 0 Å². The first-order valence-electron chi connectivity index (χ1n) is 1.56. The van der Waals surface area contributed by atoms with Crippen molar-refractivity contribution >= 4 is 10.2 Å². The average Bonchev–Trinajstić information content (AvgIpc) is 1.65. The fraction of sp³-hybridized carbons (Fsp3) is 0.200. The SMILES string of the molecule is C#CC([SiH2])C#C. The van der Waals surface area contributed by atoms with Gasteiger partial charge in [0.25, 0.3) is 0 Å². The molecule has 0 bridgehead atoms. The zero-order valence-corrected chi connectivity index (χ0v) is 4.85. The molecule has 1 radical (unpaired) electrons. The Morgan fingerprint density at radius 2 is 1.67 bits per heavy atom. The van der Waals surface area contributed by atoms with E-state index in [1.165, 1.54) is 0 Å². The molecule has 0 aromatic heterocycles. The van der Waals surface area contributed by atoms with E-state index in [0.717, 1.165) is 0 Å². The van der Waals surface area contributed by atoms with Gasteiger partial charge in [0.15, 0.2) is 0 Å². The zero-order valence-electron chi connectivity index (χ0n) is 3.44. The van der Waals surface area contributed by atoms with Crippen molar-refractivity contribution < 1.29 is 0 Å². The molecule has 0 aliphatic carbocycles. The van der Waals surface area contributed by atoms with Crippen LogP contribution in [0.15, 0.2) is 0 Å². The maximum Gasteiger partial charge on any atom is 0.0626 e. The Hall–Kier alpha value is -0.663. The quantitative estimate of drug-likeness (QED) is 0.284. The Kier molecular flexibility index (Phi) is 2.28. The summed E-state index contributed by atoms with van der Waals surface area (Å²) >= 11 is 0. The van der Waals surface area contributed by atoms with Gasteiger partial charge in [0.05, 0.1) is 5.54 Å². The van der Waals surface area contributed by atoms with Gasteiger partial charge in [-0.3, -0.25) is 0 Å². The van der Waals surface area contributed by atoms with Crippen LogP contribution in [-0.4, -0.2) is 10.2 Å². The van der Waals surface area contributed by atoms with Crippen LogP contribution in [0.1, 0.15) is 0 Å². The van der Waals surface area contributed by atoms with Gasteiger partial charge >= 0.3 is 0 Å². The Labute approximate surface area is 41.4 Å². The molecule has 0 fully saturated rings. The van der Waals surface area contributed by atoms with Crippen LogP contribution in [0, 0.1) is 24.7 Å². The van der Waals surface area contributed by atoms with E-state index >= 15 is 0 Å². The maximum atomic E-state index is 4.90. The lowest BCUT2D eigenvalue weighted by Crippen LogP contribution is -1.77. The van der Waals surface area contributed by atoms with Crippen molar-refractivity contribution in [1.29, 1.82) is 0 Å². The molecule has 29 valence electrons. The van der Waals surface area contributed by atoms with Gasteiger partial charge in [-0.15, -0.1) is 12.8 Å². The van der Waals surface area contributed by atoms with Gasteiger partial charge in [-0.05, 0) is 0 Å². The van der Waals surface area contributed by atoms with Crippen molar-refractivity contribution in [2.45, 2.75) is 5.54 Å². The summed E-state index contributed by atoms with van der Waals surface area (Å²) in [5, 5.41) is 0. The Bertz CT molecular complexity index is 88.1. The van der Waals surface area contributed by atoms with Crippen molar-refractivity contribution in [2.75, 3.05) is 0 Å². The van der Waals surface area contributed by atoms with Crippen molar-refractivity contribution in [1.82, 2.24) is 0 Å². The van der Waals surface area contributed by atoms with Crippen LogP contribution in [0.2, 0.25) is 5.54 Å². The van der Waals surface area contributed by atoms with E-state index in [1.54, 1.807) is 10.2 Å². The Morgan fingerprint density at radius 3 is 1.67 bits per heavy atom. The topological polar surface area (TPSA) is 0 Å². The van der Waals surface area contributed by atoms with Gasteiger partial charge in [0.1, 0.15) is 0 Å². The van der Waals surface area contributed by atoms with Crippen molar-refractivity contribution in [2.24, 2.45) is 0 Å². The second-order valence-corrected chi connectivity index (χ2v) is 1.70. The smallest absolute Gasteiger partial charge is 0.0626 e. The highest BCUT2D eigenvalue weighted by Crippen LogP contribution is 1.86. The first-order chi connectivity index (χ1) is 2.81. The molecule has 0 aliphatic rings. The molecule has 0 aromatic rings. The Balaban J connectivity index is 3.40. The normalized spacial score (nSPS) is 6.67. The van der Waals surface area contributed by atoms with Gasteiger partial charge in [-0.1, -0.05) is 11.8 Å². The monoisotopic (exact) mass is 93.0 g/mol. The molecular weight excluding hydrogens is 88.1 g/mol. The lowest BCUT2D eigenvalue weighted by Gasteiger charge is -1.80. The summed E-state index contributed by atoms with van der Waals surface area (Å²) in [5.41, 5.74) is 0.0185. The molecule has 0 atom stereocenters. The summed E-state index contributed by atoms with van der Waals surface area (Å²) in [6.07, 6.45) is 9.79. The first kappa shape index (κ1) is 5.34. The molecule has 0 saturated heterocycles. The van der Waals surface area contributed by atoms with Crippen molar-refractivity contribution in [3.05, 3.63) is 0 Å². The fourth-order valence-electron chi connectivity index (χ4n) is 0.0481. The first-order valence-corrected chi connectivity index (χ1v) is 2.38. The highest BCUT2D eigenvalue weighted by molar-refractivity contribution is 6.15. The zero-order chi connectivity index (χ0) is 4.99. The third-order valence-electron chi connectivity index (χ3n) is 0.402. The molecule has 0 N–H and O–H groups in total. The minimum absolute atomic E-state index is 0.0185. The fourth-order valence-corrected chi connectivity index (χ4v) is 0.0481. The van der Waals surface area contributed by atoms with E-state index in [1.807, 2.05) is 0 Å². The standard InChI is InChI=1S/C5H5Si/c1-3-5(6)4-2/h1-2,5H,6H2. The minimum atomic E-state index is 0.0185. The summed E-state index contributed by atoms with van der Waals surface area (Å²) in [6, 6.07) is 0. The number of terminal acetylenes is 2. The van der Waals surface area contributed by atoms with E-state index < -0.39 is 0 Å². The third-order valence-corrected chi connectivity index (χ3v) is 0.874. The van der Waals surface area contributed by atoms with E-state index in [9.17, 15) is 0 Å². The van der Waals surface area contributed by atoms with Crippen molar-refractivity contribution in [3.8, 4) is 24.7 Å². The molecule has 0 rings (SSSR count). The summed E-state index contributed by atoms with van der Waals surface area (Å²) in [6.45, 7) is 0. The summed E-state index contributed by atoms with van der Waals surface area (Å²) in [5.74, 6) is 4.78. The molecule has 0 spiro atoms. The highest BCUT2D eigenvalue weighted by atomic mass is 28.1. The highest BCUT2D eigenvalue weighted by Gasteiger charge is 1.80. The predicted octanol–water partition coefficient (Wildman–Crippen LogP) is -0.326. The van der Waals surface area contributed by atoms with Gasteiger partial charge in [-0.25, -0.2) is 0 Å². The van der Waals surface area contributed by atoms with Gasteiger partial charge in [-0.2, -0.15) is 0 Å². The number of hydrogen-bond donors (Lipinski definition) is 0. The molecule has 6 heavy (non-hydrogen) atoms. The lowest BCUT2D eigenvalue weighted by atomic mass is 10.5. The van der Waals surface area contributed by atoms with Crippen LogP contribution in [0.25, 0.3) is 0 Å². The molecule has 0 nitrogen and oxygen atoms in total. The molecule has 1 heteroatoms. The molecule has 0 unspecified atom stereocenters. The second-order valence-electron chi connectivity index (χ2n) is 0.886. The van der Waals surface area contributed by atoms with Gasteiger partial charge in [0, 0.05) is 10.2 Å². The van der Waals surface area contributed by atoms with Gasteiger partial charge in [0.2, 0.25) is 0 Å². The lowest BCUT2D eigenvalue weighted by molar-refractivity contribution is 1.55. The van der Waals surface area contributed by atoms with E-state index in [4.69, 9.17) is 12.8 Å². The van der Waals surface area contributed by atoms with E-state index in [-0.39, 0.29) is 5.54 Å². The van der Waals surface area contributed by atoms with Crippen LogP contribution in [0.4, 0.5) is 0 Å². The number of rotatable bonds is 0. The number of hydrogen-bond acceptors (Lipinski definition) is 0. The van der Waals surface area contributed by atoms with Crippen LogP contribution in [-0.2, 0) is 0 Å². The van der Waals surface area contributed by atoms with Gasteiger partial charge < -0.3 is 0 Å². The van der Waals surface area contributed by atoms with E-state index in [0.29, 0.717) is 0 Å². The third kappa shape index (κ3) is 1.64. The summed E-state index contributed by atoms with van der Waals surface area (Å²) in [7, 11) is 1.63. The molecule has 0 saturated carbocycles. The Morgan fingerprint density at radius 1 is 1.33 bits per heavy atom. The van der Waals surface area contributed by atoms with Crippen molar-refractivity contribution in [3.63, 3.8) is 0 Å². The molecule has 0 heterocycles. The van der Waals surface area contributed by atoms with Crippen LogP contribution in [0.3, 0.4) is 0 Å². The summed E-state index contributed by atoms with van der Waals surface area (Å²) in [4.78, 5) is 0. The minimum Gasteiger partial charge on any atom is -0.119 e. The maximum absolute atomic E-state index is 4.90. The molecule has 0 amide bonds. The van der Waals surface area contributed by atoms with E-state index in [2.05, 4.69) is 11.8 Å². The van der Waals surface area contributed by atoms with Crippen LogP contribution in [0.5, 0.6) is 0 Å². The van der Waals surface area contributed by atoms with Crippen LogP contribution < -0.4 is 0 Å². The largest absolute Gasteiger partial charge is 0.119 e. The summed E-state index contributed by atoms with van der Waals surface area (Å²) < 4.78 is 0. The predicted molar refractivity (Wildman–Crippen MR) is 30.0 cm³/mol. The second kappa shape index (κ2) is 2.57. The molecule has 0 aliphatic heterocycles. The molecule has 0 aromatic carbocycles. The molecular formula is C5H5Si.